The lowest BCUT2D eigenvalue weighted by Crippen LogP contribution is -2.17. The normalized spacial score (nSPS) is 10.3. The van der Waals surface area contributed by atoms with Gasteiger partial charge in [0.15, 0.2) is 0 Å². The van der Waals surface area contributed by atoms with Gasteiger partial charge in [-0.1, -0.05) is 18.3 Å². The van der Waals surface area contributed by atoms with Crippen molar-refractivity contribution < 1.29 is 14.0 Å². The molecule has 0 saturated heterocycles. The van der Waals surface area contributed by atoms with E-state index in [2.05, 4.69) is 20.8 Å². The van der Waals surface area contributed by atoms with Crippen molar-refractivity contribution in [3.63, 3.8) is 0 Å². The van der Waals surface area contributed by atoms with E-state index in [1.54, 1.807) is 0 Å². The molecule has 0 aliphatic carbocycles. The van der Waals surface area contributed by atoms with E-state index in [4.69, 9.17) is 0 Å². The number of carbonyl (C=O) groups is 2. The van der Waals surface area contributed by atoms with Crippen molar-refractivity contribution in [2.24, 2.45) is 0 Å². The highest BCUT2D eigenvalue weighted by Crippen LogP contribution is 2.15. The molecule has 2 amide bonds. The van der Waals surface area contributed by atoms with Crippen LogP contribution in [0, 0.1) is 5.82 Å². The standard InChI is InChI=1S/C14H15FN4O2S/c1-2-13-18-19-14(22-13)17-12(21)8-7-11(20)16-10-5-3-9(15)4-6-10/h3-6H,2,7-8H2,1H3,(H,16,20)(H,17,19,21). The monoisotopic (exact) mass is 322 g/mol. The van der Waals surface area contributed by atoms with Crippen LogP contribution in [0.5, 0.6) is 0 Å². The summed E-state index contributed by atoms with van der Waals surface area (Å²) in [6.07, 6.45) is 0.824. The van der Waals surface area contributed by atoms with Gasteiger partial charge in [0.05, 0.1) is 0 Å². The number of anilines is 2. The SMILES string of the molecule is CCc1nnc(NC(=O)CCC(=O)Nc2ccc(F)cc2)s1. The fourth-order valence-electron chi connectivity index (χ4n) is 1.61. The first-order valence-electron chi connectivity index (χ1n) is 6.74. The second-order valence-electron chi connectivity index (χ2n) is 4.46. The zero-order valence-corrected chi connectivity index (χ0v) is 12.7. The van der Waals surface area contributed by atoms with Gasteiger partial charge >= 0.3 is 0 Å². The molecule has 0 spiro atoms. The third kappa shape index (κ3) is 4.88. The summed E-state index contributed by atoms with van der Waals surface area (Å²) in [5, 5.41) is 14.2. The molecule has 0 saturated carbocycles. The highest BCUT2D eigenvalue weighted by molar-refractivity contribution is 7.15. The maximum atomic E-state index is 12.7. The van der Waals surface area contributed by atoms with Gasteiger partial charge in [0.1, 0.15) is 10.8 Å². The second-order valence-corrected chi connectivity index (χ2v) is 5.52. The number of hydrogen-bond acceptors (Lipinski definition) is 5. The van der Waals surface area contributed by atoms with Gasteiger partial charge in [-0.2, -0.15) is 0 Å². The first-order chi connectivity index (χ1) is 10.6. The van der Waals surface area contributed by atoms with Gasteiger partial charge in [0.25, 0.3) is 0 Å². The third-order valence-corrected chi connectivity index (χ3v) is 3.71. The first kappa shape index (κ1) is 16.0. The molecule has 0 radical (unpaired) electrons. The van der Waals surface area contributed by atoms with E-state index in [1.807, 2.05) is 6.92 Å². The molecule has 2 N–H and O–H groups in total. The maximum Gasteiger partial charge on any atom is 0.226 e. The Hall–Kier alpha value is -2.35. The third-order valence-electron chi connectivity index (χ3n) is 2.72. The van der Waals surface area contributed by atoms with E-state index in [1.165, 1.54) is 35.6 Å². The van der Waals surface area contributed by atoms with Gasteiger partial charge in [-0.15, -0.1) is 10.2 Å². The number of halogens is 1. The lowest BCUT2D eigenvalue weighted by atomic mass is 10.2. The molecule has 1 aromatic carbocycles. The van der Waals surface area contributed by atoms with Crippen molar-refractivity contribution >= 4 is 34.0 Å². The summed E-state index contributed by atoms with van der Waals surface area (Å²) in [5.41, 5.74) is 0.489. The van der Waals surface area contributed by atoms with Gasteiger partial charge in [-0.05, 0) is 30.7 Å². The van der Waals surface area contributed by atoms with Gasteiger partial charge in [-0.25, -0.2) is 4.39 Å². The Bertz CT molecular complexity index is 657. The number of amides is 2. The summed E-state index contributed by atoms with van der Waals surface area (Å²) < 4.78 is 12.7. The summed E-state index contributed by atoms with van der Waals surface area (Å²) in [5.74, 6) is -0.984. The molecule has 116 valence electrons. The highest BCUT2D eigenvalue weighted by Gasteiger charge is 2.10. The quantitative estimate of drug-likeness (QED) is 0.856. The highest BCUT2D eigenvalue weighted by atomic mass is 32.1. The van der Waals surface area contributed by atoms with Crippen molar-refractivity contribution in [2.45, 2.75) is 26.2 Å². The topological polar surface area (TPSA) is 84.0 Å². The number of aromatic nitrogens is 2. The van der Waals surface area contributed by atoms with Crippen LogP contribution in [0.2, 0.25) is 0 Å². The van der Waals surface area contributed by atoms with Crippen LogP contribution < -0.4 is 10.6 Å². The fraction of sp³-hybridized carbons (Fsp3) is 0.286. The lowest BCUT2D eigenvalue weighted by Gasteiger charge is -2.05. The van der Waals surface area contributed by atoms with Crippen molar-refractivity contribution in [3.05, 3.63) is 35.1 Å². The van der Waals surface area contributed by atoms with Crippen molar-refractivity contribution in [1.82, 2.24) is 10.2 Å². The number of nitrogens with zero attached hydrogens (tertiary/aromatic N) is 2. The van der Waals surface area contributed by atoms with Crippen molar-refractivity contribution in [1.29, 1.82) is 0 Å². The molecule has 0 unspecified atom stereocenters. The molecule has 22 heavy (non-hydrogen) atoms. The summed E-state index contributed by atoms with van der Waals surface area (Å²) in [6.45, 7) is 1.95. The minimum atomic E-state index is -0.374. The van der Waals surface area contributed by atoms with Crippen LogP contribution >= 0.6 is 11.3 Å². The first-order valence-corrected chi connectivity index (χ1v) is 7.56. The molecular weight excluding hydrogens is 307 g/mol. The zero-order chi connectivity index (χ0) is 15.9. The minimum absolute atomic E-state index is 0.0304. The van der Waals surface area contributed by atoms with Crippen LogP contribution in [0.4, 0.5) is 15.2 Å². The van der Waals surface area contributed by atoms with E-state index >= 15 is 0 Å². The molecule has 6 nitrogen and oxygen atoms in total. The summed E-state index contributed by atoms with van der Waals surface area (Å²) in [4.78, 5) is 23.4. The molecular formula is C14H15FN4O2S. The molecule has 8 heteroatoms. The number of rotatable bonds is 6. The predicted molar refractivity (Wildman–Crippen MR) is 82.2 cm³/mol. The van der Waals surface area contributed by atoms with Crippen LogP contribution in [0.1, 0.15) is 24.8 Å². The van der Waals surface area contributed by atoms with E-state index < -0.39 is 0 Å². The van der Waals surface area contributed by atoms with Crippen LogP contribution in [0.3, 0.4) is 0 Å². The fourth-order valence-corrected chi connectivity index (χ4v) is 2.31. The Kier molecular flexibility index (Phi) is 5.54. The van der Waals surface area contributed by atoms with Crippen LogP contribution in [-0.2, 0) is 16.0 Å². The van der Waals surface area contributed by atoms with Gasteiger partial charge < -0.3 is 10.6 Å². The molecule has 1 heterocycles. The number of hydrogen-bond donors (Lipinski definition) is 2. The Morgan fingerprint density at radius 3 is 2.32 bits per heavy atom. The van der Waals surface area contributed by atoms with E-state index in [9.17, 15) is 14.0 Å². The number of carbonyl (C=O) groups excluding carboxylic acids is 2. The summed E-state index contributed by atoms with van der Waals surface area (Å²) in [7, 11) is 0. The smallest absolute Gasteiger partial charge is 0.226 e. The van der Waals surface area contributed by atoms with Gasteiger partial charge in [0.2, 0.25) is 16.9 Å². The molecule has 0 bridgehead atoms. The molecule has 1 aromatic heterocycles. The predicted octanol–water partition coefficient (Wildman–Crippen LogP) is 2.60. The van der Waals surface area contributed by atoms with Crippen molar-refractivity contribution in [3.8, 4) is 0 Å². The van der Waals surface area contributed by atoms with Gasteiger partial charge in [-0.3, -0.25) is 9.59 Å². The molecule has 0 atom stereocenters. The van der Waals surface area contributed by atoms with Crippen molar-refractivity contribution in [2.75, 3.05) is 10.6 Å². The Morgan fingerprint density at radius 1 is 1.09 bits per heavy atom. The zero-order valence-electron chi connectivity index (χ0n) is 11.9. The van der Waals surface area contributed by atoms with Crippen LogP contribution in [0.15, 0.2) is 24.3 Å². The van der Waals surface area contributed by atoms with Crippen LogP contribution in [-0.4, -0.2) is 22.0 Å². The molecule has 2 aromatic rings. The molecule has 2 rings (SSSR count). The molecule has 0 aliphatic rings. The summed E-state index contributed by atoms with van der Waals surface area (Å²) >= 11 is 1.31. The van der Waals surface area contributed by atoms with Crippen LogP contribution in [0.25, 0.3) is 0 Å². The number of aryl methyl sites for hydroxylation is 1. The average molecular weight is 322 g/mol. The molecule has 0 fully saturated rings. The second kappa shape index (κ2) is 7.60. The maximum absolute atomic E-state index is 12.7. The molecule has 0 aliphatic heterocycles. The van der Waals surface area contributed by atoms with Gasteiger partial charge in [0, 0.05) is 18.5 Å². The average Bonchev–Trinajstić information content (AvgIpc) is 2.95. The number of nitrogens with one attached hydrogen (secondary N) is 2. The Balaban J connectivity index is 1.75. The Labute approximate surface area is 130 Å². The van der Waals surface area contributed by atoms with E-state index in [-0.39, 0.29) is 30.5 Å². The summed E-state index contributed by atoms with van der Waals surface area (Å²) in [6, 6.07) is 5.42. The largest absolute Gasteiger partial charge is 0.326 e. The van der Waals surface area contributed by atoms with E-state index in [0.29, 0.717) is 10.8 Å². The lowest BCUT2D eigenvalue weighted by molar-refractivity contribution is -0.121. The van der Waals surface area contributed by atoms with E-state index in [0.717, 1.165) is 11.4 Å². The minimum Gasteiger partial charge on any atom is -0.326 e. The number of benzene rings is 1. The Morgan fingerprint density at radius 2 is 1.73 bits per heavy atom.